The first kappa shape index (κ1) is 35.7. The van der Waals surface area contributed by atoms with Gasteiger partial charge in [0.05, 0.1) is 28.8 Å². The number of halogens is 1. The summed E-state index contributed by atoms with van der Waals surface area (Å²) in [6.07, 6.45) is 4.40. The molecule has 276 valence electrons. The number of likely N-dealkylation sites (N-methyl/N-ethyl adjacent to an activating group) is 1. The van der Waals surface area contributed by atoms with Crippen LogP contribution in [0.5, 0.6) is 5.75 Å². The fourth-order valence-corrected chi connectivity index (χ4v) is 7.33. The second-order valence-electron chi connectivity index (χ2n) is 13.6. The number of carbonyl (C=O) groups excluding carboxylic acids is 3. The smallest absolute Gasteiger partial charge is 0.293 e. The van der Waals surface area contributed by atoms with Crippen molar-refractivity contribution in [2.24, 2.45) is 20.0 Å². The number of nitrogens with zero attached hydrogens (tertiary/aromatic N) is 7. The molecule has 2 aromatic carbocycles. The Morgan fingerprint density at radius 2 is 1.92 bits per heavy atom. The van der Waals surface area contributed by atoms with Crippen LogP contribution in [0.4, 0.5) is 23.1 Å². The number of rotatable bonds is 10. The van der Waals surface area contributed by atoms with Gasteiger partial charge in [-0.1, -0.05) is 11.6 Å². The van der Waals surface area contributed by atoms with Gasteiger partial charge in [0.15, 0.2) is 18.2 Å². The molecule has 1 unspecified atom stereocenters. The molecule has 7 rings (SSSR count). The lowest BCUT2D eigenvalue weighted by molar-refractivity contribution is -0.134. The molecule has 3 amide bonds. The van der Waals surface area contributed by atoms with Gasteiger partial charge in [0, 0.05) is 76.4 Å². The zero-order valence-corrected chi connectivity index (χ0v) is 30.7. The molecular weight excluding hydrogens is 700 g/mol. The molecule has 5 aromatic rings. The number of ether oxygens (including phenoxy) is 1. The third-order valence-corrected chi connectivity index (χ3v) is 10.3. The molecule has 0 saturated carbocycles. The first-order valence-corrected chi connectivity index (χ1v) is 17.9. The number of fused-ring (bicyclic) bond motifs is 2. The zero-order valence-electron chi connectivity index (χ0n) is 30.0. The third kappa shape index (κ3) is 7.33. The van der Waals surface area contributed by atoms with Gasteiger partial charge in [0.1, 0.15) is 5.02 Å². The van der Waals surface area contributed by atoms with Gasteiger partial charge in [-0.05, 0) is 67.6 Å². The molecule has 2 aliphatic heterocycles. The van der Waals surface area contributed by atoms with Crippen molar-refractivity contribution in [3.05, 3.63) is 69.7 Å². The Morgan fingerprint density at radius 3 is 2.72 bits per heavy atom. The highest BCUT2D eigenvalue weighted by Gasteiger charge is 2.32. The standard InChI is InChI=1S/C37H41ClN10O5/c1-39-32(50)20-53-30-15-22-14-23(7-11-28(22)46(3)36(30)52)41-34-27(38)17-40-37(43-34)48-13-5-6-21(19-48)18-45(2)24-8-9-25-29(16-24)47(4)44-33(25)26-10-12-31(49)42-35(26)51/h7-9,11,14-17,21,26H,5-6,10,12-13,18-20H2,1-4H3,(H,39,50)(H,40,41,43)(H,42,49,51)/t21-,26?/m1/s1. The Hall–Kier alpha value is -5.70. The van der Waals surface area contributed by atoms with Gasteiger partial charge >= 0.3 is 0 Å². The van der Waals surface area contributed by atoms with Crippen LogP contribution >= 0.6 is 11.6 Å². The average Bonchev–Trinajstić information content (AvgIpc) is 3.48. The number of carbonyl (C=O) groups is 3. The van der Waals surface area contributed by atoms with Crippen molar-refractivity contribution in [2.75, 3.05) is 55.5 Å². The molecule has 53 heavy (non-hydrogen) atoms. The van der Waals surface area contributed by atoms with E-state index in [4.69, 9.17) is 21.3 Å². The van der Waals surface area contributed by atoms with Gasteiger partial charge in [-0.25, -0.2) is 4.98 Å². The summed E-state index contributed by atoms with van der Waals surface area (Å²) >= 11 is 6.58. The van der Waals surface area contributed by atoms with E-state index in [2.05, 4.69) is 55.0 Å². The number of hydrogen-bond acceptors (Lipinski definition) is 11. The first-order chi connectivity index (χ1) is 25.5. The average molecular weight is 741 g/mol. The van der Waals surface area contributed by atoms with Crippen molar-refractivity contribution in [1.82, 2.24) is 34.9 Å². The number of imide groups is 1. The summed E-state index contributed by atoms with van der Waals surface area (Å²) in [5.74, 6) is 0.139. The second-order valence-corrected chi connectivity index (χ2v) is 14.1. The zero-order chi connectivity index (χ0) is 37.4. The number of aryl methyl sites for hydroxylation is 2. The fourth-order valence-electron chi connectivity index (χ4n) is 7.20. The van der Waals surface area contributed by atoms with Gasteiger partial charge in [0.25, 0.3) is 11.5 Å². The minimum Gasteiger partial charge on any atom is -0.478 e. The van der Waals surface area contributed by atoms with Crippen LogP contribution in [0.25, 0.3) is 21.8 Å². The molecular formula is C37H41ClN10O5. The largest absolute Gasteiger partial charge is 0.478 e. The number of anilines is 4. The van der Waals surface area contributed by atoms with E-state index in [9.17, 15) is 19.2 Å². The van der Waals surface area contributed by atoms with Crippen molar-refractivity contribution in [3.8, 4) is 5.75 Å². The van der Waals surface area contributed by atoms with Gasteiger partial charge < -0.3 is 29.7 Å². The van der Waals surface area contributed by atoms with E-state index in [0.29, 0.717) is 52.4 Å². The Labute approximate surface area is 310 Å². The van der Waals surface area contributed by atoms with E-state index in [1.165, 1.54) is 11.6 Å². The molecule has 3 N–H and O–H groups in total. The lowest BCUT2D eigenvalue weighted by Crippen LogP contribution is -2.41. The number of amides is 3. The topological polar surface area (TPSA) is 169 Å². The molecule has 0 aliphatic carbocycles. The van der Waals surface area contributed by atoms with Crippen LogP contribution in [0.1, 0.15) is 37.3 Å². The maximum Gasteiger partial charge on any atom is 0.293 e. The number of piperidine rings is 2. The van der Waals surface area contributed by atoms with Gasteiger partial charge in [-0.3, -0.25) is 29.2 Å². The normalized spacial score (nSPS) is 17.6. The minimum absolute atomic E-state index is 0.0739. The van der Waals surface area contributed by atoms with Crippen molar-refractivity contribution in [2.45, 2.75) is 31.6 Å². The van der Waals surface area contributed by atoms with Crippen LogP contribution in [0.2, 0.25) is 5.02 Å². The van der Waals surface area contributed by atoms with Crippen LogP contribution in [-0.2, 0) is 28.5 Å². The summed E-state index contributed by atoms with van der Waals surface area (Å²) in [5.41, 5.74) is 3.73. The van der Waals surface area contributed by atoms with Crippen molar-refractivity contribution in [3.63, 3.8) is 0 Å². The summed E-state index contributed by atoms with van der Waals surface area (Å²) in [5, 5.41) is 14.9. The summed E-state index contributed by atoms with van der Waals surface area (Å²) < 4.78 is 8.79. The Balaban J connectivity index is 1.04. The minimum atomic E-state index is -0.446. The quantitative estimate of drug-likeness (QED) is 0.179. The molecule has 2 aliphatic rings. The molecule has 2 fully saturated rings. The van der Waals surface area contributed by atoms with Crippen molar-refractivity contribution >= 4 is 74.3 Å². The summed E-state index contributed by atoms with van der Waals surface area (Å²) in [6.45, 7) is 2.13. The number of benzene rings is 2. The van der Waals surface area contributed by atoms with Crippen LogP contribution in [0.15, 0.2) is 53.5 Å². The molecule has 2 saturated heterocycles. The molecule has 15 nitrogen and oxygen atoms in total. The van der Waals surface area contributed by atoms with E-state index in [1.807, 2.05) is 31.3 Å². The SMILES string of the molecule is CNC(=O)COc1cc2cc(Nc3nc(N4CCC[C@H](CN(C)c5ccc6c(C7CCC(=O)NC7=O)nn(C)c6c5)C4)ncc3Cl)ccc2n(C)c1=O. The van der Waals surface area contributed by atoms with Gasteiger partial charge in [0.2, 0.25) is 17.8 Å². The van der Waals surface area contributed by atoms with E-state index in [0.717, 1.165) is 54.5 Å². The first-order valence-electron chi connectivity index (χ1n) is 17.5. The van der Waals surface area contributed by atoms with Crippen LogP contribution in [0, 0.1) is 5.92 Å². The maximum absolute atomic E-state index is 12.8. The third-order valence-electron chi connectivity index (χ3n) is 10.0. The Morgan fingerprint density at radius 1 is 1.09 bits per heavy atom. The van der Waals surface area contributed by atoms with Crippen molar-refractivity contribution < 1.29 is 19.1 Å². The number of pyridine rings is 1. The molecule has 16 heteroatoms. The number of hydrogen-bond donors (Lipinski definition) is 3. The van der Waals surface area contributed by atoms with E-state index in [1.54, 1.807) is 24.0 Å². The van der Waals surface area contributed by atoms with Crippen LogP contribution < -0.4 is 36.0 Å². The van der Waals surface area contributed by atoms with E-state index >= 15 is 0 Å². The summed E-state index contributed by atoms with van der Waals surface area (Å²) in [6, 6.07) is 13.3. The molecule has 3 aromatic heterocycles. The lowest BCUT2D eigenvalue weighted by Gasteiger charge is -2.35. The predicted molar refractivity (Wildman–Crippen MR) is 203 cm³/mol. The highest BCUT2D eigenvalue weighted by molar-refractivity contribution is 6.33. The van der Waals surface area contributed by atoms with E-state index < -0.39 is 5.92 Å². The highest BCUT2D eigenvalue weighted by atomic mass is 35.5. The second kappa shape index (κ2) is 14.7. The molecule has 5 heterocycles. The molecule has 0 radical (unpaired) electrons. The van der Waals surface area contributed by atoms with Crippen LogP contribution in [-0.4, -0.2) is 82.4 Å². The Kier molecular flexibility index (Phi) is 9.92. The van der Waals surface area contributed by atoms with Gasteiger partial charge in [-0.2, -0.15) is 10.1 Å². The summed E-state index contributed by atoms with van der Waals surface area (Å²) in [7, 11) is 7.12. The maximum atomic E-state index is 12.8. The Bertz CT molecular complexity index is 2310. The molecule has 2 atom stereocenters. The lowest BCUT2D eigenvalue weighted by atomic mass is 9.92. The predicted octanol–water partition coefficient (Wildman–Crippen LogP) is 3.61. The monoisotopic (exact) mass is 740 g/mol. The fraction of sp³-hybridized carbons (Fsp3) is 0.378. The number of aromatic nitrogens is 5. The highest BCUT2D eigenvalue weighted by Crippen LogP contribution is 2.33. The van der Waals surface area contributed by atoms with Crippen molar-refractivity contribution in [1.29, 1.82) is 0 Å². The van der Waals surface area contributed by atoms with Crippen LogP contribution in [0.3, 0.4) is 0 Å². The van der Waals surface area contributed by atoms with E-state index in [-0.39, 0.29) is 35.6 Å². The van der Waals surface area contributed by atoms with Gasteiger partial charge in [-0.15, -0.1) is 0 Å². The summed E-state index contributed by atoms with van der Waals surface area (Å²) in [4.78, 5) is 62.6. The molecule has 0 bridgehead atoms. The molecule has 0 spiro atoms. The number of nitrogens with one attached hydrogen (secondary N) is 3.